The topological polar surface area (TPSA) is 135 Å². The van der Waals surface area contributed by atoms with E-state index in [0.29, 0.717) is 0 Å². The molecule has 0 aliphatic heterocycles. The Morgan fingerprint density at radius 3 is 1.12 bits per heavy atom. The Kier molecular flexibility index (Phi) is 35.6. The first-order chi connectivity index (χ1) is 7.20. The van der Waals surface area contributed by atoms with Crippen molar-refractivity contribution < 1.29 is 35.1 Å². The second kappa shape index (κ2) is 23.6. The van der Waals surface area contributed by atoms with Crippen molar-refractivity contribution in [3.8, 4) is 0 Å². The molecule has 0 amide bonds. The maximum Gasteiger partial charge on any atom is 0.332 e. The Morgan fingerprint density at radius 2 is 1.12 bits per heavy atom. The molecular weight excluding hydrogens is 220 g/mol. The molecule has 0 aromatic heterocycles. The first-order valence-electron chi connectivity index (χ1n) is 4.53. The van der Waals surface area contributed by atoms with E-state index in [1.807, 2.05) is 0 Å². The van der Waals surface area contributed by atoms with Gasteiger partial charge in [0, 0.05) is 20.1 Å². The van der Waals surface area contributed by atoms with Gasteiger partial charge in [0.2, 0.25) is 0 Å². The van der Waals surface area contributed by atoms with E-state index in [0.717, 1.165) is 6.92 Å². The van der Waals surface area contributed by atoms with Crippen LogP contribution in [0.25, 0.3) is 0 Å². The molecule has 0 aromatic rings. The second-order valence-corrected chi connectivity index (χ2v) is 2.17. The molecule has 0 aliphatic carbocycles. The molecule has 0 radical (unpaired) electrons. The summed E-state index contributed by atoms with van der Waals surface area (Å²) in [5.41, 5.74) is 0. The SMILES string of the molecule is CC(=O)O.CC(O)C(=O)O.CCO.CCO. The van der Waals surface area contributed by atoms with Crippen molar-refractivity contribution >= 4 is 11.9 Å². The molecule has 0 rings (SSSR count). The fourth-order valence-corrected chi connectivity index (χ4v) is 0. The second-order valence-electron chi connectivity index (χ2n) is 2.17. The number of hydrogen-bond acceptors (Lipinski definition) is 5. The van der Waals surface area contributed by atoms with Crippen LogP contribution in [0.15, 0.2) is 0 Å². The van der Waals surface area contributed by atoms with E-state index in [1.54, 1.807) is 13.8 Å². The summed E-state index contributed by atoms with van der Waals surface area (Å²) in [4.78, 5) is 18.4. The molecule has 0 aromatic carbocycles. The van der Waals surface area contributed by atoms with Crippen LogP contribution < -0.4 is 0 Å². The van der Waals surface area contributed by atoms with Crippen LogP contribution in [0.4, 0.5) is 0 Å². The van der Waals surface area contributed by atoms with E-state index in [2.05, 4.69) is 0 Å². The zero-order chi connectivity index (χ0) is 14.1. The van der Waals surface area contributed by atoms with E-state index >= 15 is 0 Å². The average molecular weight is 242 g/mol. The van der Waals surface area contributed by atoms with Crippen molar-refractivity contribution in [2.45, 2.75) is 33.8 Å². The van der Waals surface area contributed by atoms with Crippen molar-refractivity contribution in [2.24, 2.45) is 0 Å². The molecular formula is C9H22O7. The Hall–Kier alpha value is -1.18. The summed E-state index contributed by atoms with van der Waals surface area (Å²) in [5.74, 6) is -2.02. The summed E-state index contributed by atoms with van der Waals surface area (Å²) in [6, 6.07) is 0. The molecule has 100 valence electrons. The van der Waals surface area contributed by atoms with Gasteiger partial charge in [-0.05, 0) is 20.8 Å². The van der Waals surface area contributed by atoms with E-state index in [-0.39, 0.29) is 13.2 Å². The minimum absolute atomic E-state index is 0.250. The zero-order valence-corrected chi connectivity index (χ0v) is 10.0. The van der Waals surface area contributed by atoms with Crippen molar-refractivity contribution in [2.75, 3.05) is 13.2 Å². The summed E-state index contributed by atoms with van der Waals surface area (Å²) in [6.45, 7) is 6.14. The first kappa shape index (κ1) is 24.2. The molecule has 0 saturated carbocycles. The Morgan fingerprint density at radius 1 is 1.06 bits per heavy atom. The third-order valence-electron chi connectivity index (χ3n) is 0.357. The predicted octanol–water partition coefficient (Wildman–Crippen LogP) is -0.460. The van der Waals surface area contributed by atoms with Crippen LogP contribution in [0.5, 0.6) is 0 Å². The summed E-state index contributed by atoms with van der Waals surface area (Å²) in [6.07, 6.45) is -1.23. The molecule has 5 N–H and O–H groups in total. The minimum atomic E-state index is -1.23. The fourth-order valence-electron chi connectivity index (χ4n) is 0. The Balaban J connectivity index is -0.0000000635. The normalized spacial score (nSPS) is 8.94. The molecule has 7 heteroatoms. The lowest BCUT2D eigenvalue weighted by Gasteiger charge is -1.89. The fraction of sp³-hybridized carbons (Fsp3) is 0.778. The summed E-state index contributed by atoms with van der Waals surface area (Å²) in [5, 5.41) is 38.3. The van der Waals surface area contributed by atoms with Gasteiger partial charge in [-0.3, -0.25) is 4.79 Å². The highest BCUT2D eigenvalue weighted by Gasteiger charge is 2.01. The van der Waals surface area contributed by atoms with Gasteiger partial charge in [-0.25, -0.2) is 4.79 Å². The molecule has 0 aliphatic rings. The molecule has 7 nitrogen and oxygen atoms in total. The van der Waals surface area contributed by atoms with Crippen LogP contribution >= 0.6 is 0 Å². The van der Waals surface area contributed by atoms with Crippen LogP contribution in [-0.2, 0) is 9.59 Å². The van der Waals surface area contributed by atoms with Crippen LogP contribution in [0.2, 0.25) is 0 Å². The number of carboxylic acid groups (broad SMARTS) is 2. The van der Waals surface area contributed by atoms with Gasteiger partial charge in [-0.15, -0.1) is 0 Å². The first-order valence-corrected chi connectivity index (χ1v) is 4.53. The van der Waals surface area contributed by atoms with Gasteiger partial charge in [-0.2, -0.15) is 0 Å². The molecule has 0 fully saturated rings. The van der Waals surface area contributed by atoms with Gasteiger partial charge in [0.05, 0.1) is 0 Å². The minimum Gasteiger partial charge on any atom is -0.481 e. The number of hydrogen-bond donors (Lipinski definition) is 5. The van der Waals surface area contributed by atoms with Crippen LogP contribution in [0.1, 0.15) is 27.7 Å². The molecule has 0 spiro atoms. The summed E-state index contributed by atoms with van der Waals surface area (Å²) >= 11 is 0. The van der Waals surface area contributed by atoms with E-state index in [1.165, 1.54) is 6.92 Å². The largest absolute Gasteiger partial charge is 0.481 e. The zero-order valence-electron chi connectivity index (χ0n) is 10.0. The number of carboxylic acids is 2. The molecule has 1 atom stereocenters. The Bertz CT molecular complexity index is 139. The van der Waals surface area contributed by atoms with Crippen LogP contribution in [0, 0.1) is 0 Å². The molecule has 16 heavy (non-hydrogen) atoms. The number of aliphatic hydroxyl groups is 3. The maximum absolute atomic E-state index is 9.45. The van der Waals surface area contributed by atoms with E-state index < -0.39 is 18.0 Å². The number of rotatable bonds is 1. The highest BCUT2D eigenvalue weighted by Crippen LogP contribution is 1.73. The van der Waals surface area contributed by atoms with Gasteiger partial charge < -0.3 is 25.5 Å². The summed E-state index contributed by atoms with van der Waals surface area (Å²) < 4.78 is 0. The van der Waals surface area contributed by atoms with Gasteiger partial charge in [0.15, 0.2) is 0 Å². The van der Waals surface area contributed by atoms with Gasteiger partial charge in [0.1, 0.15) is 6.10 Å². The summed E-state index contributed by atoms with van der Waals surface area (Å²) in [7, 11) is 0. The molecule has 1 unspecified atom stereocenters. The van der Waals surface area contributed by atoms with Gasteiger partial charge >= 0.3 is 5.97 Å². The molecule has 0 heterocycles. The lowest BCUT2D eigenvalue weighted by molar-refractivity contribution is -0.145. The highest BCUT2D eigenvalue weighted by molar-refractivity contribution is 5.71. The van der Waals surface area contributed by atoms with Crippen LogP contribution in [0.3, 0.4) is 0 Å². The predicted molar refractivity (Wildman–Crippen MR) is 58.1 cm³/mol. The molecule has 0 bridgehead atoms. The van der Waals surface area contributed by atoms with Crippen molar-refractivity contribution in [3.63, 3.8) is 0 Å². The lowest BCUT2D eigenvalue weighted by Crippen LogP contribution is -2.13. The van der Waals surface area contributed by atoms with Crippen LogP contribution in [-0.4, -0.2) is 56.8 Å². The molecule has 0 saturated heterocycles. The van der Waals surface area contributed by atoms with E-state index in [4.69, 9.17) is 30.3 Å². The van der Waals surface area contributed by atoms with Crippen molar-refractivity contribution in [3.05, 3.63) is 0 Å². The van der Waals surface area contributed by atoms with E-state index in [9.17, 15) is 4.79 Å². The number of aliphatic carboxylic acids is 2. The highest BCUT2D eigenvalue weighted by atomic mass is 16.4. The lowest BCUT2D eigenvalue weighted by atomic mass is 10.4. The number of carbonyl (C=O) groups is 2. The van der Waals surface area contributed by atoms with Crippen molar-refractivity contribution in [1.82, 2.24) is 0 Å². The number of aliphatic hydroxyl groups excluding tert-OH is 3. The quantitative estimate of drug-likeness (QED) is 0.419. The van der Waals surface area contributed by atoms with Gasteiger partial charge in [0.25, 0.3) is 5.97 Å². The average Bonchev–Trinajstić information content (AvgIpc) is 2.05. The monoisotopic (exact) mass is 242 g/mol. The Labute approximate surface area is 95.0 Å². The standard InChI is InChI=1S/C3H6O3.C2H4O2.2C2H6O/c1-2(4)3(5)6;1-2(3)4;2*1-2-3/h2,4H,1H3,(H,5,6);1H3,(H,3,4);2*3H,2H2,1H3. The van der Waals surface area contributed by atoms with Gasteiger partial charge in [-0.1, -0.05) is 0 Å². The third kappa shape index (κ3) is 225. The third-order valence-corrected chi connectivity index (χ3v) is 0.357. The van der Waals surface area contributed by atoms with Crippen molar-refractivity contribution in [1.29, 1.82) is 0 Å². The maximum atomic E-state index is 9.45. The smallest absolute Gasteiger partial charge is 0.332 e.